The molecule has 2 aliphatic heterocycles. The maximum absolute atomic E-state index is 13.4. The molecule has 10 heteroatoms. The number of hydrogen-bond acceptors (Lipinski definition) is 6. The van der Waals surface area contributed by atoms with Crippen LogP contribution in [-0.4, -0.2) is 67.5 Å². The number of carbonyl (C=O) groups excluding carboxylic acids is 3. The zero-order chi connectivity index (χ0) is 28.3. The first-order valence-corrected chi connectivity index (χ1v) is 16.0. The molecule has 9 nitrogen and oxygen atoms in total. The fraction of sp³-hybridized carbons (Fsp3) is 0.500. The lowest BCUT2D eigenvalue weighted by Crippen LogP contribution is -2.55. The van der Waals surface area contributed by atoms with E-state index in [-0.39, 0.29) is 35.2 Å². The molecule has 0 radical (unpaired) electrons. The summed E-state index contributed by atoms with van der Waals surface area (Å²) in [5, 5.41) is 6.25. The molecule has 1 aliphatic carbocycles. The Bertz CT molecular complexity index is 1330. The summed E-state index contributed by atoms with van der Waals surface area (Å²) in [7, 11) is -3.32. The van der Waals surface area contributed by atoms with Crippen molar-refractivity contribution in [3.63, 3.8) is 0 Å². The van der Waals surface area contributed by atoms with E-state index < -0.39 is 21.4 Å². The van der Waals surface area contributed by atoms with E-state index in [0.29, 0.717) is 31.5 Å². The van der Waals surface area contributed by atoms with Crippen molar-refractivity contribution in [2.24, 2.45) is 5.92 Å². The molecule has 0 unspecified atom stereocenters. The number of nitrogens with one attached hydrogen (secondary N) is 2. The molecule has 1 atom stereocenters. The highest BCUT2D eigenvalue weighted by Gasteiger charge is 2.52. The Morgan fingerprint density at radius 3 is 2.30 bits per heavy atom. The van der Waals surface area contributed by atoms with Gasteiger partial charge in [0.25, 0.3) is 5.91 Å². The standard InChI is InChI=1S/C30H38N4O5S/c1-40(38,39)25-13-11-22(12-14-25)21-34-28(36)30(32-29(34)37)16-19-33(20-17-30)18-15-26(23-7-3-2-4-8-23)31-27(35)24-9-5-6-10-24/h2-4,7-8,11-14,24,26H,5-6,9-10,15-21H2,1H3,(H,31,35)(H,32,37)/t26-/m0/s1. The van der Waals surface area contributed by atoms with E-state index in [0.717, 1.165) is 50.5 Å². The number of likely N-dealkylation sites (tertiary alicyclic amines) is 1. The number of benzene rings is 2. The Balaban J connectivity index is 1.17. The molecular formula is C30H38N4O5S. The maximum Gasteiger partial charge on any atom is 0.325 e. The van der Waals surface area contributed by atoms with Crippen molar-refractivity contribution in [3.05, 3.63) is 65.7 Å². The van der Waals surface area contributed by atoms with E-state index >= 15 is 0 Å². The largest absolute Gasteiger partial charge is 0.349 e. The highest BCUT2D eigenvalue weighted by molar-refractivity contribution is 7.90. The molecule has 3 fully saturated rings. The third-order valence-corrected chi connectivity index (χ3v) is 9.75. The molecule has 1 saturated carbocycles. The summed E-state index contributed by atoms with van der Waals surface area (Å²) in [4.78, 5) is 42.8. The quantitative estimate of drug-likeness (QED) is 0.450. The second-order valence-corrected chi connectivity index (χ2v) is 13.4. The number of piperidine rings is 1. The van der Waals surface area contributed by atoms with Gasteiger partial charge in [0.15, 0.2) is 9.84 Å². The highest BCUT2D eigenvalue weighted by Crippen LogP contribution is 2.32. The number of hydrogen-bond donors (Lipinski definition) is 2. The number of nitrogens with zero attached hydrogens (tertiary/aromatic N) is 2. The van der Waals surface area contributed by atoms with E-state index in [4.69, 9.17) is 0 Å². The predicted octanol–water partition coefficient (Wildman–Crippen LogP) is 3.41. The van der Waals surface area contributed by atoms with Gasteiger partial charge in [-0.15, -0.1) is 0 Å². The zero-order valence-corrected chi connectivity index (χ0v) is 23.8. The van der Waals surface area contributed by atoms with Crippen LogP contribution in [0.1, 0.15) is 62.1 Å². The van der Waals surface area contributed by atoms with Gasteiger partial charge in [0.1, 0.15) is 5.54 Å². The van der Waals surface area contributed by atoms with Gasteiger partial charge in [-0.1, -0.05) is 55.3 Å². The summed E-state index contributed by atoms with van der Waals surface area (Å²) in [6.07, 6.45) is 7.11. The van der Waals surface area contributed by atoms with Crippen molar-refractivity contribution in [3.8, 4) is 0 Å². The average molecular weight is 567 g/mol. The van der Waals surface area contributed by atoms with E-state index in [1.54, 1.807) is 12.1 Å². The molecule has 214 valence electrons. The number of rotatable bonds is 9. The summed E-state index contributed by atoms with van der Waals surface area (Å²) in [5.74, 6) is 0.0307. The minimum atomic E-state index is -3.32. The number of amides is 4. The van der Waals surface area contributed by atoms with Crippen molar-refractivity contribution in [1.29, 1.82) is 0 Å². The Morgan fingerprint density at radius 2 is 1.68 bits per heavy atom. The van der Waals surface area contributed by atoms with Crippen LogP contribution in [0.3, 0.4) is 0 Å². The van der Waals surface area contributed by atoms with Gasteiger partial charge in [0.2, 0.25) is 5.91 Å². The monoisotopic (exact) mass is 566 g/mol. The molecule has 2 aromatic carbocycles. The lowest BCUT2D eigenvalue weighted by Gasteiger charge is -2.38. The van der Waals surface area contributed by atoms with E-state index in [9.17, 15) is 22.8 Å². The second kappa shape index (κ2) is 11.7. The fourth-order valence-electron chi connectivity index (χ4n) is 6.14. The topological polar surface area (TPSA) is 116 Å². The molecule has 2 aromatic rings. The van der Waals surface area contributed by atoms with Crippen LogP contribution < -0.4 is 10.6 Å². The smallest absolute Gasteiger partial charge is 0.325 e. The van der Waals surface area contributed by atoms with E-state index in [1.165, 1.54) is 17.0 Å². The molecule has 2 N–H and O–H groups in total. The lowest BCUT2D eigenvalue weighted by atomic mass is 9.87. The molecule has 0 bridgehead atoms. The molecule has 4 amide bonds. The van der Waals surface area contributed by atoms with Crippen LogP contribution in [0, 0.1) is 5.92 Å². The van der Waals surface area contributed by atoms with Crippen molar-refractivity contribution in [1.82, 2.24) is 20.4 Å². The SMILES string of the molecule is CS(=O)(=O)c1ccc(CN2C(=O)NC3(CCN(CC[C@H](NC(=O)C4CCCC4)c4ccccc4)CC3)C2=O)cc1. The number of sulfone groups is 1. The summed E-state index contributed by atoms with van der Waals surface area (Å²) in [6.45, 7) is 2.21. The van der Waals surface area contributed by atoms with Crippen molar-refractivity contribution in [2.75, 3.05) is 25.9 Å². The van der Waals surface area contributed by atoms with Gasteiger partial charge in [-0.3, -0.25) is 14.5 Å². The number of imide groups is 1. The van der Waals surface area contributed by atoms with Crippen LogP contribution in [0.25, 0.3) is 0 Å². The van der Waals surface area contributed by atoms with Crippen molar-refractivity contribution < 1.29 is 22.8 Å². The van der Waals surface area contributed by atoms with Gasteiger partial charge < -0.3 is 15.5 Å². The van der Waals surface area contributed by atoms with Gasteiger partial charge in [-0.05, 0) is 55.4 Å². The minimum absolute atomic E-state index is 0.0671. The normalized spacial score (nSPS) is 20.6. The van der Waals surface area contributed by atoms with Crippen molar-refractivity contribution in [2.45, 2.75) is 68.0 Å². The van der Waals surface area contributed by atoms with Gasteiger partial charge in [0, 0.05) is 31.8 Å². The second-order valence-electron chi connectivity index (χ2n) is 11.4. The number of carbonyl (C=O) groups is 3. The molecule has 5 rings (SSSR count). The van der Waals surface area contributed by atoms with E-state index in [1.807, 2.05) is 18.2 Å². The third kappa shape index (κ3) is 6.23. The van der Waals surface area contributed by atoms with Crippen molar-refractivity contribution >= 4 is 27.7 Å². The Morgan fingerprint density at radius 1 is 1.02 bits per heavy atom. The molecule has 40 heavy (non-hydrogen) atoms. The van der Waals surface area contributed by atoms with Gasteiger partial charge >= 0.3 is 6.03 Å². The lowest BCUT2D eigenvalue weighted by molar-refractivity contribution is -0.133. The molecule has 2 saturated heterocycles. The summed E-state index contributed by atoms with van der Waals surface area (Å²) in [6, 6.07) is 15.9. The Kier molecular flexibility index (Phi) is 8.28. The maximum atomic E-state index is 13.4. The molecule has 3 aliphatic rings. The van der Waals surface area contributed by atoms with Crippen LogP contribution in [0.5, 0.6) is 0 Å². The van der Waals surface area contributed by atoms with Crippen LogP contribution >= 0.6 is 0 Å². The van der Waals surface area contributed by atoms with E-state index in [2.05, 4.69) is 27.7 Å². The third-order valence-electron chi connectivity index (χ3n) is 8.63. The minimum Gasteiger partial charge on any atom is -0.349 e. The van der Waals surface area contributed by atoms with Gasteiger partial charge in [-0.25, -0.2) is 13.2 Å². The summed E-state index contributed by atoms with van der Waals surface area (Å²) >= 11 is 0. The molecule has 1 spiro atoms. The zero-order valence-electron chi connectivity index (χ0n) is 23.0. The summed E-state index contributed by atoms with van der Waals surface area (Å²) in [5.41, 5.74) is 0.883. The average Bonchev–Trinajstić information content (AvgIpc) is 3.56. The van der Waals surface area contributed by atoms with Crippen LogP contribution in [0.15, 0.2) is 59.5 Å². The van der Waals surface area contributed by atoms with Crippen LogP contribution in [0.4, 0.5) is 4.79 Å². The Labute approximate surface area is 236 Å². The predicted molar refractivity (Wildman–Crippen MR) is 151 cm³/mol. The van der Waals surface area contributed by atoms with Gasteiger partial charge in [0.05, 0.1) is 17.5 Å². The van der Waals surface area contributed by atoms with Crippen LogP contribution in [-0.2, 0) is 26.0 Å². The van der Waals surface area contributed by atoms with Crippen LogP contribution in [0.2, 0.25) is 0 Å². The first kappa shape index (κ1) is 28.3. The number of urea groups is 1. The molecule has 0 aromatic heterocycles. The summed E-state index contributed by atoms with van der Waals surface area (Å²) < 4.78 is 23.5. The Hall–Kier alpha value is -3.24. The first-order valence-electron chi connectivity index (χ1n) is 14.2. The molecular weight excluding hydrogens is 528 g/mol. The first-order chi connectivity index (χ1) is 19.1. The molecule has 2 heterocycles. The fourth-order valence-corrected chi connectivity index (χ4v) is 6.77. The van der Waals surface area contributed by atoms with Gasteiger partial charge in [-0.2, -0.15) is 0 Å². The highest BCUT2D eigenvalue weighted by atomic mass is 32.2.